The van der Waals surface area contributed by atoms with Gasteiger partial charge in [0.15, 0.2) is 0 Å². The van der Waals surface area contributed by atoms with E-state index in [1.165, 1.54) is 0 Å². The van der Waals surface area contributed by atoms with E-state index in [-0.39, 0.29) is 12.5 Å². The molecule has 1 aromatic rings. The van der Waals surface area contributed by atoms with Crippen molar-refractivity contribution in [3.05, 3.63) is 35.4 Å². The largest absolute Gasteiger partial charge is 0.481 e. The fourth-order valence-electron chi connectivity index (χ4n) is 1.98. The molecule has 0 radical (unpaired) electrons. The lowest BCUT2D eigenvalue weighted by atomic mass is 9.99. The smallest absolute Gasteiger partial charge is 0.407 e. The van der Waals surface area contributed by atoms with Crippen LogP contribution in [0.2, 0.25) is 0 Å². The van der Waals surface area contributed by atoms with E-state index >= 15 is 0 Å². The lowest BCUT2D eigenvalue weighted by molar-refractivity contribution is -0.136. The number of alkyl carbamates (subject to hydrolysis) is 1. The Labute approximate surface area is 125 Å². The number of carboxylic acids is 1. The highest BCUT2D eigenvalue weighted by Gasteiger charge is 2.18. The van der Waals surface area contributed by atoms with E-state index < -0.39 is 17.7 Å². The predicted octanol–water partition coefficient (Wildman–Crippen LogP) is 2.77. The number of carboxylic acid groups (broad SMARTS) is 1. The number of rotatable bonds is 5. The first kappa shape index (κ1) is 17.0. The molecular weight excluding hydrogens is 270 g/mol. The van der Waals surface area contributed by atoms with Crippen molar-refractivity contribution in [3.8, 4) is 0 Å². The number of hydrogen-bond donors (Lipinski definition) is 2. The van der Waals surface area contributed by atoms with Crippen molar-refractivity contribution in [2.45, 2.75) is 52.2 Å². The summed E-state index contributed by atoms with van der Waals surface area (Å²) in [6.45, 7) is 7.28. The van der Waals surface area contributed by atoms with Gasteiger partial charge in [-0.3, -0.25) is 4.79 Å². The standard InChI is InChI=1S/C16H23NO4/c1-11(17-15(20)21-16(2,3)4)9-12-7-5-6-8-13(12)10-14(18)19/h5-8,11H,9-10H2,1-4H3,(H,17,20)(H,18,19)/t11-/m1/s1. The van der Waals surface area contributed by atoms with E-state index in [1.807, 2.05) is 25.1 Å². The van der Waals surface area contributed by atoms with Crippen LogP contribution in [0.1, 0.15) is 38.8 Å². The SMILES string of the molecule is C[C@H](Cc1ccccc1CC(=O)O)NC(=O)OC(C)(C)C. The van der Waals surface area contributed by atoms with Crippen LogP contribution in [-0.4, -0.2) is 28.8 Å². The number of carbonyl (C=O) groups excluding carboxylic acids is 1. The van der Waals surface area contributed by atoms with E-state index in [0.29, 0.717) is 6.42 Å². The van der Waals surface area contributed by atoms with Gasteiger partial charge >= 0.3 is 12.1 Å². The van der Waals surface area contributed by atoms with Crippen LogP contribution in [-0.2, 0) is 22.4 Å². The fourth-order valence-corrected chi connectivity index (χ4v) is 1.98. The molecule has 1 atom stereocenters. The molecule has 5 nitrogen and oxygen atoms in total. The number of hydrogen-bond acceptors (Lipinski definition) is 3. The number of nitrogens with one attached hydrogen (secondary N) is 1. The molecule has 2 N–H and O–H groups in total. The third kappa shape index (κ3) is 6.79. The second-order valence-electron chi connectivity index (χ2n) is 6.09. The first-order chi connectivity index (χ1) is 9.67. The average Bonchev–Trinajstić information content (AvgIpc) is 2.28. The zero-order valence-electron chi connectivity index (χ0n) is 13.0. The maximum Gasteiger partial charge on any atom is 0.407 e. The number of carbonyl (C=O) groups is 2. The Kier molecular flexibility index (Phi) is 5.76. The molecule has 0 saturated heterocycles. The number of benzene rings is 1. The molecule has 0 aliphatic carbocycles. The second-order valence-corrected chi connectivity index (χ2v) is 6.09. The van der Waals surface area contributed by atoms with Crippen LogP contribution >= 0.6 is 0 Å². The topological polar surface area (TPSA) is 75.6 Å². The van der Waals surface area contributed by atoms with Gasteiger partial charge in [0.2, 0.25) is 0 Å². The van der Waals surface area contributed by atoms with E-state index in [2.05, 4.69) is 5.32 Å². The number of ether oxygens (including phenoxy) is 1. The summed E-state index contributed by atoms with van der Waals surface area (Å²) >= 11 is 0. The van der Waals surface area contributed by atoms with Crippen molar-refractivity contribution in [1.29, 1.82) is 0 Å². The van der Waals surface area contributed by atoms with E-state index in [9.17, 15) is 9.59 Å². The third-order valence-corrected chi connectivity index (χ3v) is 2.75. The molecule has 0 bridgehead atoms. The maximum atomic E-state index is 11.7. The highest BCUT2D eigenvalue weighted by atomic mass is 16.6. The van der Waals surface area contributed by atoms with Gasteiger partial charge in [0, 0.05) is 6.04 Å². The summed E-state index contributed by atoms with van der Waals surface area (Å²) in [6.07, 6.45) is 0.0728. The maximum absolute atomic E-state index is 11.7. The van der Waals surface area contributed by atoms with Crippen LogP contribution in [0.4, 0.5) is 4.79 Å². The van der Waals surface area contributed by atoms with Gasteiger partial charge < -0.3 is 15.2 Å². The molecule has 1 amide bonds. The summed E-state index contributed by atoms with van der Waals surface area (Å²) in [5.74, 6) is -0.866. The predicted molar refractivity (Wildman–Crippen MR) is 80.3 cm³/mol. The van der Waals surface area contributed by atoms with Gasteiger partial charge in [-0.25, -0.2) is 4.79 Å². The van der Waals surface area contributed by atoms with Gasteiger partial charge in [0.1, 0.15) is 5.60 Å². The summed E-state index contributed by atoms with van der Waals surface area (Å²) in [6, 6.07) is 7.21. The Balaban J connectivity index is 2.64. The van der Waals surface area contributed by atoms with Crippen LogP contribution < -0.4 is 5.32 Å². The summed E-state index contributed by atoms with van der Waals surface area (Å²) in [7, 11) is 0. The van der Waals surface area contributed by atoms with E-state index in [1.54, 1.807) is 26.8 Å². The van der Waals surface area contributed by atoms with Crippen molar-refractivity contribution in [1.82, 2.24) is 5.32 Å². The molecule has 0 aromatic heterocycles. The first-order valence-electron chi connectivity index (χ1n) is 6.95. The molecule has 1 rings (SSSR count). The molecule has 0 heterocycles. The molecule has 21 heavy (non-hydrogen) atoms. The lowest BCUT2D eigenvalue weighted by Crippen LogP contribution is -2.38. The minimum atomic E-state index is -0.866. The van der Waals surface area contributed by atoms with Crippen LogP contribution in [0.15, 0.2) is 24.3 Å². The van der Waals surface area contributed by atoms with Crippen LogP contribution in [0, 0.1) is 0 Å². The molecule has 0 aliphatic heterocycles. The van der Waals surface area contributed by atoms with Crippen molar-refractivity contribution in [3.63, 3.8) is 0 Å². The zero-order chi connectivity index (χ0) is 16.0. The Hall–Kier alpha value is -2.04. The fraction of sp³-hybridized carbons (Fsp3) is 0.500. The average molecular weight is 293 g/mol. The molecule has 1 aromatic carbocycles. The van der Waals surface area contributed by atoms with Crippen LogP contribution in [0.25, 0.3) is 0 Å². The van der Waals surface area contributed by atoms with Crippen molar-refractivity contribution in [2.24, 2.45) is 0 Å². The summed E-state index contributed by atoms with van der Waals surface area (Å²) < 4.78 is 5.20. The lowest BCUT2D eigenvalue weighted by Gasteiger charge is -2.22. The normalized spacial score (nSPS) is 12.6. The summed E-state index contributed by atoms with van der Waals surface area (Å²) in [4.78, 5) is 22.5. The Morgan fingerprint density at radius 2 is 1.81 bits per heavy atom. The van der Waals surface area contributed by atoms with E-state index in [4.69, 9.17) is 9.84 Å². The monoisotopic (exact) mass is 293 g/mol. The molecule has 0 fully saturated rings. The quantitative estimate of drug-likeness (QED) is 0.875. The van der Waals surface area contributed by atoms with Gasteiger partial charge in [-0.05, 0) is 45.2 Å². The highest BCUT2D eigenvalue weighted by molar-refractivity contribution is 5.71. The van der Waals surface area contributed by atoms with Gasteiger partial charge in [-0.2, -0.15) is 0 Å². The third-order valence-electron chi connectivity index (χ3n) is 2.75. The molecule has 0 unspecified atom stereocenters. The van der Waals surface area contributed by atoms with Crippen LogP contribution in [0.3, 0.4) is 0 Å². The minimum Gasteiger partial charge on any atom is -0.481 e. The second kappa shape index (κ2) is 7.11. The van der Waals surface area contributed by atoms with Gasteiger partial charge in [0.05, 0.1) is 6.42 Å². The van der Waals surface area contributed by atoms with Crippen LogP contribution in [0.5, 0.6) is 0 Å². The Bertz CT molecular complexity index is 505. The summed E-state index contributed by atoms with van der Waals surface area (Å²) in [5, 5.41) is 11.7. The van der Waals surface area contributed by atoms with Crippen molar-refractivity contribution < 1.29 is 19.4 Å². The molecule has 0 saturated carbocycles. The summed E-state index contributed by atoms with van der Waals surface area (Å²) in [5.41, 5.74) is 1.15. The first-order valence-corrected chi connectivity index (χ1v) is 6.95. The van der Waals surface area contributed by atoms with Gasteiger partial charge in [-0.15, -0.1) is 0 Å². The molecule has 5 heteroatoms. The molecule has 116 valence electrons. The number of aliphatic carboxylic acids is 1. The zero-order valence-corrected chi connectivity index (χ0v) is 13.0. The molecular formula is C16H23NO4. The number of amides is 1. The van der Waals surface area contributed by atoms with Crippen molar-refractivity contribution >= 4 is 12.1 Å². The Morgan fingerprint density at radius 3 is 2.33 bits per heavy atom. The Morgan fingerprint density at radius 1 is 1.24 bits per heavy atom. The van der Waals surface area contributed by atoms with Crippen molar-refractivity contribution in [2.75, 3.05) is 0 Å². The minimum absolute atomic E-state index is 0.0185. The highest BCUT2D eigenvalue weighted by Crippen LogP contribution is 2.13. The van der Waals surface area contributed by atoms with E-state index in [0.717, 1.165) is 11.1 Å². The van der Waals surface area contributed by atoms with Gasteiger partial charge in [0.25, 0.3) is 0 Å². The molecule has 0 aliphatic rings. The molecule has 0 spiro atoms. The van der Waals surface area contributed by atoms with Gasteiger partial charge in [-0.1, -0.05) is 24.3 Å².